The molecule has 0 saturated carbocycles. The summed E-state index contributed by atoms with van der Waals surface area (Å²) < 4.78 is 5.39. The fraction of sp³-hybridized carbons (Fsp3) is 0.500. The highest BCUT2D eigenvalue weighted by atomic mass is 32.1. The fourth-order valence-electron chi connectivity index (χ4n) is 3.40. The van der Waals surface area contributed by atoms with Gasteiger partial charge in [0.05, 0.1) is 18.9 Å². The van der Waals surface area contributed by atoms with E-state index in [4.69, 9.17) is 4.74 Å². The molecule has 0 spiro atoms. The maximum atomic E-state index is 13.2. The number of aryl methyl sites for hydroxylation is 3. The highest BCUT2D eigenvalue weighted by Crippen LogP contribution is 2.21. The molecular formula is C22H30N4O3S. The predicted molar refractivity (Wildman–Crippen MR) is 119 cm³/mol. The number of ether oxygens (including phenoxy) is 1. The first-order chi connectivity index (χ1) is 14.4. The van der Waals surface area contributed by atoms with Gasteiger partial charge in [-0.2, -0.15) is 0 Å². The third-order valence-electron chi connectivity index (χ3n) is 5.28. The van der Waals surface area contributed by atoms with Crippen molar-refractivity contribution in [3.8, 4) is 0 Å². The molecule has 0 bridgehead atoms. The van der Waals surface area contributed by atoms with Crippen LogP contribution in [0.25, 0.3) is 0 Å². The van der Waals surface area contributed by atoms with Gasteiger partial charge in [0.25, 0.3) is 5.91 Å². The second-order valence-corrected chi connectivity index (χ2v) is 8.76. The Labute approximate surface area is 182 Å². The molecule has 1 aliphatic rings. The quantitative estimate of drug-likeness (QED) is 0.697. The maximum absolute atomic E-state index is 13.2. The third kappa shape index (κ3) is 6.10. The summed E-state index contributed by atoms with van der Waals surface area (Å²) in [6.07, 6.45) is 0.806. The van der Waals surface area contributed by atoms with Gasteiger partial charge < -0.3 is 15.0 Å². The van der Waals surface area contributed by atoms with E-state index in [2.05, 4.69) is 15.2 Å². The molecule has 2 heterocycles. The van der Waals surface area contributed by atoms with Crippen LogP contribution >= 0.6 is 11.3 Å². The fourth-order valence-corrected chi connectivity index (χ4v) is 4.23. The van der Waals surface area contributed by atoms with Crippen LogP contribution in [-0.4, -0.2) is 72.5 Å². The van der Waals surface area contributed by atoms with E-state index in [-0.39, 0.29) is 18.4 Å². The Kier molecular flexibility index (Phi) is 7.95. The number of rotatable bonds is 8. The van der Waals surface area contributed by atoms with Crippen LogP contribution in [0.15, 0.2) is 24.3 Å². The summed E-state index contributed by atoms with van der Waals surface area (Å²) in [6, 6.07) is 7.50. The molecule has 1 aromatic heterocycles. The van der Waals surface area contributed by atoms with Gasteiger partial charge in [-0.1, -0.05) is 18.2 Å². The maximum Gasteiger partial charge on any atom is 0.254 e. The van der Waals surface area contributed by atoms with Crippen molar-refractivity contribution in [2.75, 3.05) is 51.3 Å². The number of benzene rings is 1. The largest absolute Gasteiger partial charge is 0.379 e. The van der Waals surface area contributed by atoms with Crippen molar-refractivity contribution in [2.24, 2.45) is 0 Å². The minimum atomic E-state index is -0.225. The minimum Gasteiger partial charge on any atom is -0.379 e. The minimum absolute atomic E-state index is 0.00789. The second kappa shape index (κ2) is 10.7. The summed E-state index contributed by atoms with van der Waals surface area (Å²) in [5.41, 5.74) is 2.46. The molecule has 0 radical (unpaired) electrons. The lowest BCUT2D eigenvalue weighted by molar-refractivity contribution is -0.116. The molecule has 8 heteroatoms. The number of anilines is 1. The molecular weight excluding hydrogens is 400 g/mol. The Hall–Kier alpha value is -2.29. The molecule has 0 atom stereocenters. The molecule has 0 unspecified atom stereocenters. The third-order valence-corrected chi connectivity index (χ3v) is 6.27. The van der Waals surface area contributed by atoms with Gasteiger partial charge in [-0.3, -0.25) is 14.5 Å². The highest BCUT2D eigenvalue weighted by molar-refractivity contribution is 7.15. The van der Waals surface area contributed by atoms with E-state index < -0.39 is 0 Å². The molecule has 1 aliphatic heterocycles. The van der Waals surface area contributed by atoms with Crippen LogP contribution < -0.4 is 5.32 Å². The van der Waals surface area contributed by atoms with Crippen LogP contribution in [0, 0.1) is 20.8 Å². The molecule has 162 valence electrons. The smallest absolute Gasteiger partial charge is 0.254 e. The molecule has 1 aromatic carbocycles. The van der Waals surface area contributed by atoms with Gasteiger partial charge in [0.1, 0.15) is 6.54 Å². The number of aromatic nitrogens is 1. The first kappa shape index (κ1) is 22.4. The van der Waals surface area contributed by atoms with Crippen molar-refractivity contribution in [2.45, 2.75) is 27.2 Å². The molecule has 3 rings (SSSR count). The van der Waals surface area contributed by atoms with E-state index in [0.717, 1.165) is 55.4 Å². The number of amides is 2. The molecule has 0 aliphatic carbocycles. The van der Waals surface area contributed by atoms with Gasteiger partial charge in [-0.05, 0) is 38.8 Å². The number of hydrogen-bond donors (Lipinski definition) is 1. The average molecular weight is 431 g/mol. The van der Waals surface area contributed by atoms with Crippen molar-refractivity contribution >= 4 is 28.3 Å². The second-order valence-electron chi connectivity index (χ2n) is 7.56. The van der Waals surface area contributed by atoms with E-state index in [1.165, 1.54) is 11.3 Å². The number of nitrogens with one attached hydrogen (secondary N) is 1. The lowest BCUT2D eigenvalue weighted by atomic mass is 10.1. The van der Waals surface area contributed by atoms with Gasteiger partial charge in [0.2, 0.25) is 5.91 Å². The van der Waals surface area contributed by atoms with E-state index in [1.54, 1.807) is 4.90 Å². The molecule has 2 aromatic rings. The monoisotopic (exact) mass is 430 g/mol. The van der Waals surface area contributed by atoms with Crippen LogP contribution in [0.3, 0.4) is 0 Å². The summed E-state index contributed by atoms with van der Waals surface area (Å²) in [5, 5.41) is 3.42. The van der Waals surface area contributed by atoms with E-state index >= 15 is 0 Å². The topological polar surface area (TPSA) is 74.8 Å². The number of hydrogen-bond acceptors (Lipinski definition) is 6. The summed E-state index contributed by atoms with van der Waals surface area (Å²) in [5.74, 6) is -0.339. The van der Waals surface area contributed by atoms with E-state index in [9.17, 15) is 9.59 Å². The van der Waals surface area contributed by atoms with Crippen LogP contribution in [0.2, 0.25) is 0 Å². The summed E-state index contributed by atoms with van der Waals surface area (Å²) in [4.78, 5) is 35.3. The van der Waals surface area contributed by atoms with Crippen molar-refractivity contribution in [1.82, 2.24) is 14.8 Å². The predicted octanol–water partition coefficient (Wildman–Crippen LogP) is 2.87. The molecule has 1 N–H and O–H groups in total. The van der Waals surface area contributed by atoms with Crippen molar-refractivity contribution < 1.29 is 14.3 Å². The lowest BCUT2D eigenvalue weighted by Gasteiger charge is -2.28. The standard InChI is InChI=1S/C22H30N4O3S/c1-16-7-4-5-8-19(16)21(28)26(10-6-9-25-11-13-29-14-12-25)15-20(27)24-22-23-17(2)18(3)30-22/h4-5,7-8H,6,9-15H2,1-3H3,(H,23,24,27). The number of carbonyl (C=O) groups excluding carboxylic acids is 2. The zero-order valence-electron chi connectivity index (χ0n) is 17.9. The molecule has 1 saturated heterocycles. The Morgan fingerprint density at radius 2 is 1.93 bits per heavy atom. The summed E-state index contributed by atoms with van der Waals surface area (Å²) in [6.45, 7) is 10.5. The Balaban J connectivity index is 1.65. The normalized spacial score (nSPS) is 14.5. The first-order valence-electron chi connectivity index (χ1n) is 10.3. The van der Waals surface area contributed by atoms with Crippen LogP contribution in [-0.2, 0) is 9.53 Å². The molecule has 30 heavy (non-hydrogen) atoms. The lowest BCUT2D eigenvalue weighted by Crippen LogP contribution is -2.41. The summed E-state index contributed by atoms with van der Waals surface area (Å²) >= 11 is 1.45. The number of thiazole rings is 1. The van der Waals surface area contributed by atoms with Crippen molar-refractivity contribution in [1.29, 1.82) is 0 Å². The van der Waals surface area contributed by atoms with Gasteiger partial charge in [0.15, 0.2) is 5.13 Å². The van der Waals surface area contributed by atoms with Gasteiger partial charge in [-0.25, -0.2) is 4.98 Å². The van der Waals surface area contributed by atoms with Gasteiger partial charge >= 0.3 is 0 Å². The molecule has 1 fully saturated rings. The molecule has 7 nitrogen and oxygen atoms in total. The summed E-state index contributed by atoms with van der Waals surface area (Å²) in [7, 11) is 0. The van der Waals surface area contributed by atoms with Crippen LogP contribution in [0.1, 0.15) is 32.9 Å². The van der Waals surface area contributed by atoms with Gasteiger partial charge in [-0.15, -0.1) is 11.3 Å². The van der Waals surface area contributed by atoms with Crippen LogP contribution in [0.5, 0.6) is 0 Å². The van der Waals surface area contributed by atoms with Crippen LogP contribution in [0.4, 0.5) is 5.13 Å². The number of carbonyl (C=O) groups is 2. The average Bonchev–Trinajstić information content (AvgIpc) is 3.04. The zero-order valence-corrected chi connectivity index (χ0v) is 18.8. The van der Waals surface area contributed by atoms with Crippen molar-refractivity contribution in [3.05, 3.63) is 46.0 Å². The first-order valence-corrected chi connectivity index (χ1v) is 11.1. The SMILES string of the molecule is Cc1ccccc1C(=O)N(CCCN1CCOCC1)CC(=O)Nc1nc(C)c(C)s1. The van der Waals surface area contributed by atoms with E-state index in [1.807, 2.05) is 45.0 Å². The zero-order chi connectivity index (χ0) is 21.5. The number of morpholine rings is 1. The molecule has 2 amide bonds. The number of nitrogens with zero attached hydrogens (tertiary/aromatic N) is 3. The Bertz CT molecular complexity index is 858. The highest BCUT2D eigenvalue weighted by Gasteiger charge is 2.21. The Morgan fingerprint density at radius 1 is 1.20 bits per heavy atom. The Morgan fingerprint density at radius 3 is 2.60 bits per heavy atom. The van der Waals surface area contributed by atoms with E-state index in [0.29, 0.717) is 17.2 Å². The van der Waals surface area contributed by atoms with Gasteiger partial charge in [0, 0.05) is 36.6 Å². The van der Waals surface area contributed by atoms with Crippen molar-refractivity contribution in [3.63, 3.8) is 0 Å².